The van der Waals surface area contributed by atoms with E-state index in [4.69, 9.17) is 0 Å². The summed E-state index contributed by atoms with van der Waals surface area (Å²) < 4.78 is 38.7. The molecule has 4 rings (SSSR count). The number of hydrogen-bond acceptors (Lipinski definition) is 4. The molecule has 3 heterocycles. The number of nitrogens with one attached hydrogen (secondary N) is 1. The van der Waals surface area contributed by atoms with Gasteiger partial charge in [-0.05, 0) is 54.0 Å². The summed E-state index contributed by atoms with van der Waals surface area (Å²) in [6.07, 6.45) is -0.992. The zero-order chi connectivity index (χ0) is 26.0. The third-order valence-electron chi connectivity index (χ3n) is 7.22. The van der Waals surface area contributed by atoms with E-state index in [1.807, 2.05) is 11.0 Å². The van der Waals surface area contributed by atoms with Crippen LogP contribution in [0, 0.1) is 11.8 Å². The van der Waals surface area contributed by atoms with Crippen molar-refractivity contribution < 1.29 is 22.8 Å². The fourth-order valence-electron chi connectivity index (χ4n) is 5.24. The van der Waals surface area contributed by atoms with Gasteiger partial charge in [0.05, 0.1) is 22.9 Å². The number of alkyl halides is 3. The highest BCUT2D eigenvalue weighted by Crippen LogP contribution is 2.39. The monoisotopic (exact) mass is 502 g/mol. The quantitative estimate of drug-likeness (QED) is 0.616. The van der Waals surface area contributed by atoms with Crippen LogP contribution in [0.4, 0.5) is 13.2 Å². The van der Waals surface area contributed by atoms with Crippen LogP contribution in [-0.2, 0) is 24.1 Å². The average molecular weight is 503 g/mol. The number of nitrogens with zero attached hydrogens (tertiary/aromatic N) is 3. The Hall–Kier alpha value is -2.94. The van der Waals surface area contributed by atoms with E-state index in [9.17, 15) is 22.8 Å². The maximum absolute atomic E-state index is 12.9. The molecule has 1 aromatic carbocycles. The molecule has 0 radical (unpaired) electrons. The predicted octanol–water partition coefficient (Wildman–Crippen LogP) is 4.80. The Bertz CT molecular complexity index is 1090. The van der Waals surface area contributed by atoms with Gasteiger partial charge in [0.15, 0.2) is 0 Å². The molecule has 0 bridgehead atoms. The van der Waals surface area contributed by atoms with E-state index in [0.29, 0.717) is 31.1 Å². The second kappa shape index (κ2) is 10.6. The van der Waals surface area contributed by atoms with Gasteiger partial charge in [0.2, 0.25) is 5.91 Å². The van der Waals surface area contributed by atoms with E-state index >= 15 is 0 Å². The van der Waals surface area contributed by atoms with Crippen LogP contribution in [0.5, 0.6) is 0 Å². The predicted molar refractivity (Wildman–Crippen MR) is 130 cm³/mol. The van der Waals surface area contributed by atoms with Gasteiger partial charge >= 0.3 is 6.18 Å². The minimum absolute atomic E-state index is 0.0193. The van der Waals surface area contributed by atoms with Gasteiger partial charge in [0.25, 0.3) is 5.91 Å². The Kier molecular flexibility index (Phi) is 7.68. The van der Waals surface area contributed by atoms with Gasteiger partial charge in [-0.25, -0.2) is 0 Å². The third-order valence-corrected chi connectivity index (χ3v) is 7.22. The lowest BCUT2D eigenvalue weighted by molar-refractivity contribution is -0.137. The molecular weight excluding hydrogens is 469 g/mol. The van der Waals surface area contributed by atoms with Crippen LogP contribution in [-0.4, -0.2) is 46.2 Å². The molecule has 2 amide bonds. The first-order valence-corrected chi connectivity index (χ1v) is 12.5. The summed E-state index contributed by atoms with van der Waals surface area (Å²) in [6, 6.07) is 7.19. The molecule has 9 heteroatoms. The molecule has 0 saturated carbocycles. The molecule has 1 saturated heterocycles. The maximum Gasteiger partial charge on any atom is 0.416 e. The number of likely N-dealkylation sites (tertiary alicyclic amines) is 1. The average Bonchev–Trinajstić information content (AvgIpc) is 3.19. The summed E-state index contributed by atoms with van der Waals surface area (Å²) in [5, 5.41) is 3.02. The molecule has 2 aliphatic heterocycles. The van der Waals surface area contributed by atoms with E-state index in [0.717, 1.165) is 54.9 Å². The molecule has 0 spiro atoms. The highest BCUT2D eigenvalue weighted by Gasteiger charge is 2.35. The summed E-state index contributed by atoms with van der Waals surface area (Å²) >= 11 is 0. The van der Waals surface area contributed by atoms with E-state index in [2.05, 4.69) is 29.0 Å². The molecule has 1 atom stereocenters. The Balaban J connectivity index is 1.40. The number of rotatable bonds is 6. The van der Waals surface area contributed by atoms with Crippen molar-refractivity contribution in [2.75, 3.05) is 19.6 Å². The second-order valence-corrected chi connectivity index (χ2v) is 10.2. The number of amides is 2. The van der Waals surface area contributed by atoms with Gasteiger partial charge in [-0.2, -0.15) is 13.2 Å². The standard InChI is InChI=1S/C27H33F3N4O2/c1-17(2)25-24-22(16-34(25)15-20-4-6-23(7-5-20)27(28,29)30)12-21(14-31-24)26(36)32-13-19-8-10-33(11-9-19)18(3)35/h4-7,12,14,17,19,25H,8-11,13,15-16H2,1-3H3,(H,32,36). The van der Waals surface area contributed by atoms with Crippen LogP contribution in [0.25, 0.3) is 0 Å². The third kappa shape index (κ3) is 5.88. The summed E-state index contributed by atoms with van der Waals surface area (Å²) in [4.78, 5) is 33.0. The molecule has 1 unspecified atom stereocenters. The van der Waals surface area contributed by atoms with Crippen LogP contribution in [0.3, 0.4) is 0 Å². The molecule has 6 nitrogen and oxygen atoms in total. The topological polar surface area (TPSA) is 65.5 Å². The van der Waals surface area contributed by atoms with Gasteiger partial charge in [-0.15, -0.1) is 0 Å². The van der Waals surface area contributed by atoms with Gasteiger partial charge in [0.1, 0.15) is 0 Å². The Morgan fingerprint density at radius 1 is 1.14 bits per heavy atom. The highest BCUT2D eigenvalue weighted by atomic mass is 19.4. The lowest BCUT2D eigenvalue weighted by atomic mass is 9.96. The maximum atomic E-state index is 12.9. The fraction of sp³-hybridized carbons (Fsp3) is 0.519. The van der Waals surface area contributed by atoms with Crippen molar-refractivity contribution in [1.29, 1.82) is 0 Å². The molecule has 2 aliphatic rings. The SMILES string of the molecule is CC(=O)N1CCC(CNC(=O)c2cnc3c(c2)CN(Cc2ccc(C(F)(F)F)cc2)C3C(C)C)CC1. The molecule has 194 valence electrons. The number of aromatic nitrogens is 1. The molecule has 2 aromatic rings. The first-order valence-electron chi connectivity index (χ1n) is 12.5. The lowest BCUT2D eigenvalue weighted by Crippen LogP contribution is -2.40. The van der Waals surface area contributed by atoms with E-state index in [1.165, 1.54) is 12.1 Å². The van der Waals surface area contributed by atoms with Crippen LogP contribution >= 0.6 is 0 Å². The van der Waals surface area contributed by atoms with Crippen molar-refractivity contribution in [3.63, 3.8) is 0 Å². The van der Waals surface area contributed by atoms with Crippen molar-refractivity contribution in [3.05, 3.63) is 64.5 Å². The van der Waals surface area contributed by atoms with Gasteiger partial charge < -0.3 is 10.2 Å². The first-order chi connectivity index (χ1) is 17.0. The van der Waals surface area contributed by atoms with Gasteiger partial charge in [-0.3, -0.25) is 19.5 Å². The number of carbonyl (C=O) groups excluding carboxylic acids is 2. The molecule has 0 aliphatic carbocycles. The number of halogens is 3. The zero-order valence-corrected chi connectivity index (χ0v) is 20.9. The highest BCUT2D eigenvalue weighted by molar-refractivity contribution is 5.94. The second-order valence-electron chi connectivity index (χ2n) is 10.2. The van der Waals surface area contributed by atoms with Crippen LogP contribution in [0.2, 0.25) is 0 Å². The number of fused-ring (bicyclic) bond motifs is 1. The van der Waals surface area contributed by atoms with Crippen molar-refractivity contribution in [2.24, 2.45) is 11.8 Å². The molecule has 1 aromatic heterocycles. The molecular formula is C27H33F3N4O2. The minimum atomic E-state index is -4.35. The van der Waals surface area contributed by atoms with Gasteiger partial charge in [-0.1, -0.05) is 26.0 Å². The minimum Gasteiger partial charge on any atom is -0.352 e. The van der Waals surface area contributed by atoms with Crippen molar-refractivity contribution in [2.45, 2.75) is 58.9 Å². The van der Waals surface area contributed by atoms with Gasteiger partial charge in [0, 0.05) is 45.8 Å². The normalized spacial score (nSPS) is 19.0. The van der Waals surface area contributed by atoms with Crippen LogP contribution in [0.15, 0.2) is 36.5 Å². The van der Waals surface area contributed by atoms with Crippen molar-refractivity contribution in [3.8, 4) is 0 Å². The zero-order valence-electron chi connectivity index (χ0n) is 20.9. The Morgan fingerprint density at radius 2 is 1.81 bits per heavy atom. The fourth-order valence-corrected chi connectivity index (χ4v) is 5.24. The molecule has 1 fully saturated rings. The summed E-state index contributed by atoms with van der Waals surface area (Å²) in [5.74, 6) is 0.514. The van der Waals surface area contributed by atoms with Crippen molar-refractivity contribution >= 4 is 11.8 Å². The number of pyridine rings is 1. The van der Waals surface area contributed by atoms with Crippen LogP contribution < -0.4 is 5.32 Å². The first kappa shape index (κ1) is 26.1. The van der Waals surface area contributed by atoms with Crippen molar-refractivity contribution in [1.82, 2.24) is 20.1 Å². The van der Waals surface area contributed by atoms with E-state index in [1.54, 1.807) is 13.1 Å². The summed E-state index contributed by atoms with van der Waals surface area (Å²) in [5.41, 5.74) is 2.55. The summed E-state index contributed by atoms with van der Waals surface area (Å²) in [6.45, 7) is 8.87. The molecule has 1 N–H and O–H groups in total. The Morgan fingerprint density at radius 3 is 2.39 bits per heavy atom. The van der Waals surface area contributed by atoms with Crippen LogP contribution in [0.1, 0.15) is 72.4 Å². The largest absolute Gasteiger partial charge is 0.416 e. The van der Waals surface area contributed by atoms with E-state index < -0.39 is 11.7 Å². The Labute approximate surface area is 209 Å². The molecule has 36 heavy (non-hydrogen) atoms. The number of hydrogen-bond donors (Lipinski definition) is 1. The number of carbonyl (C=O) groups is 2. The number of benzene rings is 1. The van der Waals surface area contributed by atoms with E-state index in [-0.39, 0.29) is 23.8 Å². The summed E-state index contributed by atoms with van der Waals surface area (Å²) in [7, 11) is 0. The number of piperidine rings is 1. The smallest absolute Gasteiger partial charge is 0.352 e. The lowest BCUT2D eigenvalue weighted by Gasteiger charge is -2.31.